The molecule has 5 nitrogen and oxygen atoms in total. The van der Waals surface area contributed by atoms with Crippen molar-refractivity contribution in [3.05, 3.63) is 78.1 Å². The van der Waals surface area contributed by atoms with Crippen LogP contribution in [0.2, 0.25) is 0 Å². The highest BCUT2D eigenvalue weighted by Crippen LogP contribution is 2.34. The largest absolute Gasteiger partial charge is 0.354 e. The minimum Gasteiger partial charge on any atom is -0.354 e. The van der Waals surface area contributed by atoms with Crippen molar-refractivity contribution in [3.63, 3.8) is 0 Å². The number of nitrogens with zero attached hydrogens (tertiary/aromatic N) is 3. The Hall–Kier alpha value is -2.86. The first kappa shape index (κ1) is 21.4. The topological polar surface area (TPSA) is 58.1 Å². The van der Waals surface area contributed by atoms with Gasteiger partial charge in [0.15, 0.2) is 5.82 Å². The predicted molar refractivity (Wildman–Crippen MR) is 125 cm³/mol. The number of aryl methyl sites for hydroxylation is 1. The molecule has 4 rings (SSSR count). The molecule has 1 saturated heterocycles. The van der Waals surface area contributed by atoms with Gasteiger partial charge in [-0.05, 0) is 44.4 Å². The van der Waals surface area contributed by atoms with Gasteiger partial charge in [-0.2, -0.15) is 0 Å². The summed E-state index contributed by atoms with van der Waals surface area (Å²) in [5.41, 5.74) is 2.34. The molecule has 0 aliphatic carbocycles. The van der Waals surface area contributed by atoms with Crippen LogP contribution in [0.15, 0.2) is 76.9 Å². The number of anilines is 1. The highest BCUT2D eigenvalue weighted by Gasteiger charge is 2.29. The third-order valence-corrected chi connectivity index (χ3v) is 6.57. The van der Waals surface area contributed by atoms with E-state index in [4.69, 9.17) is 0 Å². The predicted octanol–water partition coefficient (Wildman–Crippen LogP) is 5.03. The van der Waals surface area contributed by atoms with Gasteiger partial charge in [-0.15, -0.1) is 0 Å². The average molecular weight is 433 g/mol. The van der Waals surface area contributed by atoms with Gasteiger partial charge in [-0.25, -0.2) is 9.97 Å². The van der Waals surface area contributed by atoms with E-state index in [1.54, 1.807) is 24.2 Å². The molecular formula is C25H28N4OS. The lowest BCUT2D eigenvalue weighted by Gasteiger charge is -2.34. The maximum Gasteiger partial charge on any atom is 0.225 e. The molecule has 1 aromatic heterocycles. The van der Waals surface area contributed by atoms with E-state index in [1.165, 1.54) is 5.56 Å². The molecule has 0 bridgehead atoms. The summed E-state index contributed by atoms with van der Waals surface area (Å²) >= 11 is 1.62. The zero-order valence-electron chi connectivity index (χ0n) is 18.0. The summed E-state index contributed by atoms with van der Waals surface area (Å²) in [6.07, 6.45) is 5.32. The van der Waals surface area contributed by atoms with E-state index in [1.807, 2.05) is 37.3 Å². The second-order valence-electron chi connectivity index (χ2n) is 8.03. The highest BCUT2D eigenvalue weighted by atomic mass is 32.2. The maximum absolute atomic E-state index is 13.0. The number of aromatic nitrogens is 2. The van der Waals surface area contributed by atoms with Gasteiger partial charge in [0.25, 0.3) is 0 Å². The van der Waals surface area contributed by atoms with Gasteiger partial charge in [-0.3, -0.25) is 4.79 Å². The van der Waals surface area contributed by atoms with Crippen molar-refractivity contribution in [2.45, 2.75) is 42.7 Å². The van der Waals surface area contributed by atoms with Crippen LogP contribution in [0.3, 0.4) is 0 Å². The summed E-state index contributed by atoms with van der Waals surface area (Å²) in [5.74, 6) is 0.916. The quantitative estimate of drug-likeness (QED) is 0.592. The normalized spacial score (nSPS) is 17.2. The molecule has 160 valence electrons. The summed E-state index contributed by atoms with van der Waals surface area (Å²) in [6.45, 7) is 5.67. The van der Waals surface area contributed by atoms with Crippen LogP contribution in [0, 0.1) is 12.8 Å². The van der Waals surface area contributed by atoms with Crippen molar-refractivity contribution in [3.8, 4) is 0 Å². The summed E-state index contributed by atoms with van der Waals surface area (Å²) in [7, 11) is 0. The van der Waals surface area contributed by atoms with Gasteiger partial charge in [0.2, 0.25) is 5.91 Å². The average Bonchev–Trinajstić information content (AvgIpc) is 2.80. The Balaban J connectivity index is 1.45. The number of carbonyl (C=O) groups is 1. The SMILES string of the molecule is Cc1cccc(Sc2nccnc2N2CCC[C@H](C(=O)N[C@H](C)c3ccccc3)C2)c1. The molecule has 2 aromatic carbocycles. The molecule has 31 heavy (non-hydrogen) atoms. The van der Waals surface area contributed by atoms with Crippen LogP contribution in [0.5, 0.6) is 0 Å². The summed E-state index contributed by atoms with van der Waals surface area (Å²) < 4.78 is 0. The lowest BCUT2D eigenvalue weighted by molar-refractivity contribution is -0.125. The summed E-state index contributed by atoms with van der Waals surface area (Å²) in [5, 5.41) is 4.07. The molecule has 1 N–H and O–H groups in total. The van der Waals surface area contributed by atoms with Gasteiger partial charge < -0.3 is 10.2 Å². The molecule has 2 atom stereocenters. The van der Waals surface area contributed by atoms with Crippen LogP contribution in [0.25, 0.3) is 0 Å². The first-order valence-electron chi connectivity index (χ1n) is 10.8. The molecule has 0 radical (unpaired) electrons. The summed E-state index contributed by atoms with van der Waals surface area (Å²) in [6, 6.07) is 18.5. The third kappa shape index (κ3) is 5.44. The first-order chi connectivity index (χ1) is 15.1. The molecule has 1 aliphatic rings. The van der Waals surface area contributed by atoms with Crippen molar-refractivity contribution in [2.75, 3.05) is 18.0 Å². The molecule has 0 unspecified atom stereocenters. The maximum atomic E-state index is 13.0. The standard InChI is InChI=1S/C25H28N4OS/c1-18-8-6-12-22(16-18)31-25-23(26-13-14-27-25)29-15-7-11-21(17-29)24(30)28-19(2)20-9-4-3-5-10-20/h3-6,8-10,12-14,16,19,21H,7,11,15,17H2,1-2H3,(H,28,30)/t19-,21+/m1/s1. The van der Waals surface area contributed by atoms with E-state index >= 15 is 0 Å². The van der Waals surface area contributed by atoms with E-state index < -0.39 is 0 Å². The first-order valence-corrected chi connectivity index (χ1v) is 11.6. The second kappa shape index (κ2) is 9.96. The number of piperidine rings is 1. The van der Waals surface area contributed by atoms with Crippen molar-refractivity contribution in [1.29, 1.82) is 0 Å². The smallest absolute Gasteiger partial charge is 0.225 e. The zero-order valence-corrected chi connectivity index (χ0v) is 18.8. The Labute approximate surface area is 188 Å². The van der Waals surface area contributed by atoms with Crippen LogP contribution < -0.4 is 10.2 Å². The van der Waals surface area contributed by atoms with E-state index in [2.05, 4.69) is 51.4 Å². The minimum absolute atomic E-state index is 0.00645. The molecule has 2 heterocycles. The monoisotopic (exact) mass is 432 g/mol. The van der Waals surface area contributed by atoms with E-state index in [-0.39, 0.29) is 17.9 Å². The Morgan fingerprint density at radius 3 is 2.74 bits per heavy atom. The Morgan fingerprint density at radius 2 is 1.94 bits per heavy atom. The van der Waals surface area contributed by atoms with Gasteiger partial charge in [-0.1, -0.05) is 59.8 Å². The number of hydrogen-bond acceptors (Lipinski definition) is 5. The van der Waals surface area contributed by atoms with Crippen LogP contribution in [0.1, 0.15) is 36.9 Å². The Kier molecular flexibility index (Phi) is 6.87. The van der Waals surface area contributed by atoms with Gasteiger partial charge in [0.05, 0.1) is 12.0 Å². The van der Waals surface area contributed by atoms with Crippen molar-refractivity contribution in [1.82, 2.24) is 15.3 Å². The van der Waals surface area contributed by atoms with Gasteiger partial charge >= 0.3 is 0 Å². The molecule has 6 heteroatoms. The van der Waals surface area contributed by atoms with Crippen LogP contribution >= 0.6 is 11.8 Å². The molecule has 1 fully saturated rings. The van der Waals surface area contributed by atoms with Crippen LogP contribution in [-0.4, -0.2) is 29.0 Å². The number of nitrogens with one attached hydrogen (secondary N) is 1. The fraction of sp³-hybridized carbons (Fsp3) is 0.320. The highest BCUT2D eigenvalue weighted by molar-refractivity contribution is 7.99. The Bertz CT molecular complexity index is 1030. The molecule has 1 aliphatic heterocycles. The number of amides is 1. The number of benzene rings is 2. The van der Waals surface area contributed by atoms with Crippen LogP contribution in [-0.2, 0) is 4.79 Å². The molecule has 1 amide bonds. The second-order valence-corrected chi connectivity index (χ2v) is 9.09. The fourth-order valence-electron chi connectivity index (χ4n) is 3.94. The number of carbonyl (C=O) groups excluding carboxylic acids is 1. The fourth-order valence-corrected chi connectivity index (χ4v) is 4.94. The summed E-state index contributed by atoms with van der Waals surface area (Å²) in [4.78, 5) is 25.6. The molecule has 3 aromatic rings. The van der Waals surface area contributed by atoms with E-state index in [0.29, 0.717) is 6.54 Å². The number of rotatable bonds is 6. The van der Waals surface area contributed by atoms with Crippen LogP contribution in [0.4, 0.5) is 5.82 Å². The molecule has 0 spiro atoms. The number of hydrogen-bond donors (Lipinski definition) is 1. The van der Waals surface area contributed by atoms with Crippen molar-refractivity contribution in [2.24, 2.45) is 5.92 Å². The zero-order chi connectivity index (χ0) is 21.6. The molecule has 0 saturated carbocycles. The van der Waals surface area contributed by atoms with Gasteiger partial charge in [0.1, 0.15) is 5.03 Å². The third-order valence-electron chi connectivity index (χ3n) is 5.60. The molecular weight excluding hydrogens is 404 g/mol. The van der Waals surface area contributed by atoms with Gasteiger partial charge in [0, 0.05) is 30.4 Å². The van der Waals surface area contributed by atoms with Crippen molar-refractivity contribution < 1.29 is 4.79 Å². The Morgan fingerprint density at radius 1 is 1.13 bits per heavy atom. The lowest BCUT2D eigenvalue weighted by Crippen LogP contribution is -2.44. The van der Waals surface area contributed by atoms with Crippen molar-refractivity contribution >= 4 is 23.5 Å². The van der Waals surface area contributed by atoms with E-state index in [9.17, 15) is 4.79 Å². The lowest BCUT2D eigenvalue weighted by atomic mass is 9.96. The van der Waals surface area contributed by atoms with E-state index in [0.717, 1.165) is 40.7 Å². The minimum atomic E-state index is -0.0567.